The van der Waals surface area contributed by atoms with E-state index in [-0.39, 0.29) is 0 Å². The van der Waals surface area contributed by atoms with E-state index in [4.69, 9.17) is 9.97 Å². The highest BCUT2D eigenvalue weighted by Gasteiger charge is 2.12. The maximum atomic E-state index is 4.88. The van der Waals surface area contributed by atoms with Gasteiger partial charge in [0.2, 0.25) is 0 Å². The summed E-state index contributed by atoms with van der Waals surface area (Å²) in [7, 11) is 2.09. The Morgan fingerprint density at radius 1 is 0.633 bits per heavy atom. The number of hydrogen-bond donors (Lipinski definition) is 2. The largest absolute Gasteiger partial charge is 0.341 e. The number of benzene rings is 4. The summed E-state index contributed by atoms with van der Waals surface area (Å²) in [5.41, 5.74) is 4.22. The summed E-state index contributed by atoms with van der Waals surface area (Å²) in [5.74, 6) is 1.93. The SMILES string of the molecule is CN(Cc1nc2c(ccc3ccccc32)[nH]1)Cc1nc2c(ccc3ccccc32)[nH]1. The van der Waals surface area contributed by atoms with Crippen LogP contribution < -0.4 is 0 Å². The Morgan fingerprint density at radius 2 is 1.10 bits per heavy atom. The van der Waals surface area contributed by atoms with E-state index in [1.165, 1.54) is 21.5 Å². The molecule has 0 saturated carbocycles. The minimum atomic E-state index is 0.723. The molecular weight excluding hydrogens is 370 g/mol. The first-order valence-corrected chi connectivity index (χ1v) is 10.2. The molecule has 6 aromatic rings. The molecule has 0 spiro atoms. The first-order valence-electron chi connectivity index (χ1n) is 10.2. The Hall–Kier alpha value is -3.70. The molecule has 0 saturated heterocycles. The average molecular weight is 391 g/mol. The lowest BCUT2D eigenvalue weighted by Gasteiger charge is -2.12. The zero-order chi connectivity index (χ0) is 20.1. The maximum absolute atomic E-state index is 4.88. The van der Waals surface area contributed by atoms with Crippen molar-refractivity contribution < 1.29 is 0 Å². The van der Waals surface area contributed by atoms with Crippen LogP contribution in [0.15, 0.2) is 72.8 Å². The van der Waals surface area contributed by atoms with Gasteiger partial charge in [-0.3, -0.25) is 4.90 Å². The molecular formula is C25H21N5. The van der Waals surface area contributed by atoms with E-state index in [1.807, 2.05) is 0 Å². The molecule has 0 amide bonds. The number of nitrogens with zero attached hydrogens (tertiary/aromatic N) is 3. The minimum Gasteiger partial charge on any atom is -0.341 e. The second-order valence-corrected chi connectivity index (χ2v) is 7.91. The lowest BCUT2D eigenvalue weighted by Crippen LogP contribution is -2.18. The zero-order valence-electron chi connectivity index (χ0n) is 16.7. The van der Waals surface area contributed by atoms with Gasteiger partial charge in [0.25, 0.3) is 0 Å². The Kier molecular flexibility index (Phi) is 3.82. The van der Waals surface area contributed by atoms with Crippen LogP contribution in [-0.4, -0.2) is 31.9 Å². The highest BCUT2D eigenvalue weighted by atomic mass is 15.1. The molecule has 5 heteroatoms. The highest BCUT2D eigenvalue weighted by Crippen LogP contribution is 2.25. The lowest BCUT2D eigenvalue weighted by molar-refractivity contribution is 0.305. The first kappa shape index (κ1) is 17.2. The van der Waals surface area contributed by atoms with Crippen molar-refractivity contribution in [2.45, 2.75) is 13.1 Å². The number of nitrogens with one attached hydrogen (secondary N) is 2. The van der Waals surface area contributed by atoms with E-state index >= 15 is 0 Å². The van der Waals surface area contributed by atoms with Crippen LogP contribution in [0.2, 0.25) is 0 Å². The van der Waals surface area contributed by atoms with E-state index in [2.05, 4.69) is 94.7 Å². The third-order valence-electron chi connectivity index (χ3n) is 5.69. The Morgan fingerprint density at radius 3 is 1.60 bits per heavy atom. The zero-order valence-corrected chi connectivity index (χ0v) is 16.7. The second kappa shape index (κ2) is 6.68. The predicted molar refractivity (Wildman–Crippen MR) is 122 cm³/mol. The topological polar surface area (TPSA) is 60.6 Å². The fourth-order valence-corrected chi connectivity index (χ4v) is 4.31. The number of fused-ring (bicyclic) bond motifs is 6. The molecule has 0 atom stereocenters. The van der Waals surface area contributed by atoms with E-state index in [0.29, 0.717) is 0 Å². The third kappa shape index (κ3) is 2.83. The fourth-order valence-electron chi connectivity index (χ4n) is 4.31. The summed E-state index contributed by atoms with van der Waals surface area (Å²) in [4.78, 5) is 18.9. The van der Waals surface area contributed by atoms with Gasteiger partial charge < -0.3 is 9.97 Å². The number of H-pyrrole nitrogens is 2. The van der Waals surface area contributed by atoms with Gasteiger partial charge in [-0.1, -0.05) is 60.7 Å². The predicted octanol–water partition coefficient (Wildman–Crippen LogP) is 5.38. The Bertz CT molecular complexity index is 1410. The summed E-state index contributed by atoms with van der Waals surface area (Å²) < 4.78 is 0. The lowest BCUT2D eigenvalue weighted by atomic mass is 10.1. The molecule has 5 nitrogen and oxygen atoms in total. The van der Waals surface area contributed by atoms with Gasteiger partial charge in [0.05, 0.1) is 35.2 Å². The molecule has 0 bridgehead atoms. The summed E-state index contributed by atoms with van der Waals surface area (Å²) >= 11 is 0. The normalized spacial score (nSPS) is 12.1. The standard InChI is InChI=1S/C25H21N5/c1-30(14-22-26-20-12-10-16-6-2-4-8-18(16)24(20)28-22)15-23-27-21-13-11-17-7-3-5-9-19(17)25(21)29-23/h2-13H,14-15H2,1H3,(H,26,28)(H,27,29). The molecule has 30 heavy (non-hydrogen) atoms. The Balaban J connectivity index is 1.28. The fraction of sp³-hybridized carbons (Fsp3) is 0.120. The van der Waals surface area contributed by atoms with Crippen molar-refractivity contribution in [2.75, 3.05) is 7.05 Å². The van der Waals surface area contributed by atoms with Crippen molar-refractivity contribution in [2.24, 2.45) is 0 Å². The number of aromatic amines is 2. The molecule has 0 radical (unpaired) electrons. The van der Waals surface area contributed by atoms with Crippen molar-refractivity contribution in [3.8, 4) is 0 Å². The Labute approximate surface area is 173 Å². The summed E-state index contributed by atoms with van der Waals surface area (Å²) in [6.07, 6.45) is 0. The van der Waals surface area contributed by atoms with Gasteiger partial charge in [0, 0.05) is 10.8 Å². The molecule has 0 unspecified atom stereocenters. The van der Waals surface area contributed by atoms with Crippen LogP contribution in [0.3, 0.4) is 0 Å². The monoisotopic (exact) mass is 391 g/mol. The van der Waals surface area contributed by atoms with Crippen LogP contribution in [0.1, 0.15) is 11.6 Å². The van der Waals surface area contributed by atoms with Crippen LogP contribution >= 0.6 is 0 Å². The van der Waals surface area contributed by atoms with Gasteiger partial charge in [-0.15, -0.1) is 0 Å². The van der Waals surface area contributed by atoms with Crippen molar-refractivity contribution in [3.63, 3.8) is 0 Å². The van der Waals surface area contributed by atoms with Crippen molar-refractivity contribution in [1.82, 2.24) is 24.8 Å². The van der Waals surface area contributed by atoms with Crippen LogP contribution in [0.4, 0.5) is 0 Å². The number of aromatic nitrogens is 4. The quantitative estimate of drug-likeness (QED) is 0.424. The van der Waals surface area contributed by atoms with Gasteiger partial charge in [0.15, 0.2) is 0 Å². The van der Waals surface area contributed by atoms with E-state index in [9.17, 15) is 0 Å². The van der Waals surface area contributed by atoms with E-state index < -0.39 is 0 Å². The molecule has 2 heterocycles. The molecule has 0 fully saturated rings. The van der Waals surface area contributed by atoms with Gasteiger partial charge in [0.1, 0.15) is 11.6 Å². The number of hydrogen-bond acceptors (Lipinski definition) is 3. The first-order chi connectivity index (χ1) is 14.7. The molecule has 2 aromatic heterocycles. The van der Waals surface area contributed by atoms with Crippen LogP contribution in [-0.2, 0) is 13.1 Å². The van der Waals surface area contributed by atoms with Crippen LogP contribution in [0, 0.1) is 0 Å². The van der Waals surface area contributed by atoms with Crippen molar-refractivity contribution >= 4 is 43.6 Å². The molecule has 146 valence electrons. The molecule has 0 aliphatic heterocycles. The van der Waals surface area contributed by atoms with Gasteiger partial charge >= 0.3 is 0 Å². The van der Waals surface area contributed by atoms with E-state index in [0.717, 1.165) is 46.8 Å². The van der Waals surface area contributed by atoms with Crippen molar-refractivity contribution in [1.29, 1.82) is 0 Å². The van der Waals surface area contributed by atoms with Crippen molar-refractivity contribution in [3.05, 3.63) is 84.4 Å². The highest BCUT2D eigenvalue weighted by molar-refractivity contribution is 6.04. The smallest absolute Gasteiger partial charge is 0.121 e. The third-order valence-corrected chi connectivity index (χ3v) is 5.69. The summed E-state index contributed by atoms with van der Waals surface area (Å²) in [5, 5.41) is 4.80. The van der Waals surface area contributed by atoms with Gasteiger partial charge in [-0.25, -0.2) is 9.97 Å². The van der Waals surface area contributed by atoms with E-state index in [1.54, 1.807) is 0 Å². The molecule has 0 aliphatic carbocycles. The molecule has 4 aromatic carbocycles. The summed E-state index contributed by atoms with van der Waals surface area (Å²) in [6, 6.07) is 25.3. The number of imidazole rings is 2. The van der Waals surface area contributed by atoms with Gasteiger partial charge in [-0.05, 0) is 30.0 Å². The maximum Gasteiger partial charge on any atom is 0.121 e. The summed E-state index contributed by atoms with van der Waals surface area (Å²) in [6.45, 7) is 1.45. The molecule has 6 rings (SSSR count). The second-order valence-electron chi connectivity index (χ2n) is 7.91. The van der Waals surface area contributed by atoms with Crippen LogP contribution in [0.25, 0.3) is 43.6 Å². The number of rotatable bonds is 4. The minimum absolute atomic E-state index is 0.723. The molecule has 2 N–H and O–H groups in total. The molecule has 0 aliphatic rings. The van der Waals surface area contributed by atoms with Crippen LogP contribution in [0.5, 0.6) is 0 Å². The average Bonchev–Trinajstić information content (AvgIpc) is 3.37. The van der Waals surface area contributed by atoms with Gasteiger partial charge in [-0.2, -0.15) is 0 Å².